The fourth-order valence-electron chi connectivity index (χ4n) is 3.69. The fraction of sp³-hybridized carbons (Fsp3) is 0.647. The second kappa shape index (κ2) is 6.77. The van der Waals surface area contributed by atoms with Crippen molar-refractivity contribution in [3.63, 3.8) is 0 Å². The highest BCUT2D eigenvalue weighted by molar-refractivity contribution is 5.30. The van der Waals surface area contributed by atoms with E-state index < -0.39 is 0 Å². The van der Waals surface area contributed by atoms with Crippen molar-refractivity contribution in [1.82, 2.24) is 10.2 Å². The molecule has 3 atom stereocenters. The number of hydrogen-bond donors (Lipinski definition) is 1. The van der Waals surface area contributed by atoms with E-state index in [1.165, 1.54) is 24.8 Å². The Kier molecular flexibility index (Phi) is 4.78. The summed E-state index contributed by atoms with van der Waals surface area (Å²) in [6.45, 7) is 2.95. The van der Waals surface area contributed by atoms with Crippen molar-refractivity contribution in [3.8, 4) is 5.75 Å². The average molecular weight is 290 g/mol. The standard InChI is InChI=1S/C17H26N2O2/c1-18-15(13-5-3-6-14(11-13)20-2)12-19-9-10-21-17-8-4-7-16(17)19/h3,5-6,11,15-18H,4,7-10,12H2,1-2H3. The van der Waals surface area contributed by atoms with Crippen LogP contribution in [-0.2, 0) is 4.74 Å². The third-order valence-corrected chi connectivity index (χ3v) is 4.86. The molecule has 21 heavy (non-hydrogen) atoms. The van der Waals surface area contributed by atoms with Gasteiger partial charge in [-0.05, 0) is 44.0 Å². The van der Waals surface area contributed by atoms with Crippen LogP contribution < -0.4 is 10.1 Å². The van der Waals surface area contributed by atoms with Crippen LogP contribution in [0.5, 0.6) is 5.75 Å². The quantitative estimate of drug-likeness (QED) is 0.901. The maximum absolute atomic E-state index is 5.91. The molecule has 1 aliphatic carbocycles. The normalized spacial score (nSPS) is 27.3. The van der Waals surface area contributed by atoms with E-state index in [4.69, 9.17) is 9.47 Å². The highest BCUT2D eigenvalue weighted by Gasteiger charge is 2.36. The Balaban J connectivity index is 1.71. The van der Waals surface area contributed by atoms with Gasteiger partial charge in [0.2, 0.25) is 0 Å². The minimum Gasteiger partial charge on any atom is -0.497 e. The van der Waals surface area contributed by atoms with Gasteiger partial charge >= 0.3 is 0 Å². The van der Waals surface area contributed by atoms with E-state index in [9.17, 15) is 0 Å². The summed E-state index contributed by atoms with van der Waals surface area (Å²) in [5.74, 6) is 0.925. The smallest absolute Gasteiger partial charge is 0.119 e. The predicted octanol–water partition coefficient (Wildman–Crippen LogP) is 2.21. The van der Waals surface area contributed by atoms with Gasteiger partial charge in [0, 0.05) is 25.2 Å². The largest absolute Gasteiger partial charge is 0.497 e. The molecule has 1 aromatic carbocycles. The van der Waals surface area contributed by atoms with Crippen molar-refractivity contribution >= 4 is 0 Å². The van der Waals surface area contributed by atoms with Crippen molar-refractivity contribution in [3.05, 3.63) is 29.8 Å². The van der Waals surface area contributed by atoms with Gasteiger partial charge in [-0.1, -0.05) is 12.1 Å². The molecule has 1 saturated heterocycles. The molecule has 1 aliphatic heterocycles. The number of benzene rings is 1. The molecule has 0 spiro atoms. The number of hydrogen-bond acceptors (Lipinski definition) is 4. The number of fused-ring (bicyclic) bond motifs is 1. The van der Waals surface area contributed by atoms with Crippen molar-refractivity contribution in [2.75, 3.05) is 33.9 Å². The zero-order valence-electron chi connectivity index (χ0n) is 13.0. The first-order valence-electron chi connectivity index (χ1n) is 7.98. The Morgan fingerprint density at radius 1 is 1.43 bits per heavy atom. The Morgan fingerprint density at radius 2 is 2.33 bits per heavy atom. The van der Waals surface area contributed by atoms with E-state index in [0.717, 1.165) is 25.4 Å². The van der Waals surface area contributed by atoms with Crippen LogP contribution in [0.4, 0.5) is 0 Å². The summed E-state index contributed by atoms with van der Waals surface area (Å²) in [6, 6.07) is 9.32. The van der Waals surface area contributed by atoms with Gasteiger partial charge < -0.3 is 14.8 Å². The SMILES string of the molecule is CNC(CN1CCOC2CCCC21)c1cccc(OC)c1. The number of methoxy groups -OCH3 is 1. The van der Waals surface area contributed by atoms with Gasteiger partial charge in [-0.2, -0.15) is 0 Å². The molecule has 1 heterocycles. The van der Waals surface area contributed by atoms with Crippen LogP contribution in [0.1, 0.15) is 30.9 Å². The van der Waals surface area contributed by atoms with Gasteiger partial charge in [-0.3, -0.25) is 4.90 Å². The van der Waals surface area contributed by atoms with E-state index >= 15 is 0 Å². The van der Waals surface area contributed by atoms with Crippen LogP contribution in [0.2, 0.25) is 0 Å². The van der Waals surface area contributed by atoms with Gasteiger partial charge in [0.15, 0.2) is 0 Å². The van der Waals surface area contributed by atoms with Crippen molar-refractivity contribution in [2.24, 2.45) is 0 Å². The van der Waals surface area contributed by atoms with Gasteiger partial charge in [0.25, 0.3) is 0 Å². The molecular weight excluding hydrogens is 264 g/mol. The maximum atomic E-state index is 5.91. The average Bonchev–Trinajstić information content (AvgIpc) is 3.02. The van der Waals surface area contributed by atoms with Crippen LogP contribution in [0.25, 0.3) is 0 Å². The lowest BCUT2D eigenvalue weighted by atomic mass is 10.0. The van der Waals surface area contributed by atoms with Crippen molar-refractivity contribution in [2.45, 2.75) is 37.5 Å². The van der Waals surface area contributed by atoms with Crippen LogP contribution in [0.3, 0.4) is 0 Å². The van der Waals surface area contributed by atoms with Crippen molar-refractivity contribution < 1.29 is 9.47 Å². The molecule has 4 heteroatoms. The first-order chi connectivity index (χ1) is 10.3. The first-order valence-corrected chi connectivity index (χ1v) is 7.98. The maximum Gasteiger partial charge on any atom is 0.119 e. The minimum atomic E-state index is 0.333. The molecule has 1 N–H and O–H groups in total. The lowest BCUT2D eigenvalue weighted by Gasteiger charge is -2.39. The molecule has 116 valence electrons. The summed E-state index contributed by atoms with van der Waals surface area (Å²) in [5, 5.41) is 3.46. The number of likely N-dealkylation sites (N-methyl/N-ethyl adjacent to an activating group) is 1. The van der Waals surface area contributed by atoms with E-state index in [1.54, 1.807) is 7.11 Å². The molecule has 0 aromatic heterocycles. The lowest BCUT2D eigenvalue weighted by molar-refractivity contribution is -0.0580. The summed E-state index contributed by atoms with van der Waals surface area (Å²) >= 11 is 0. The summed E-state index contributed by atoms with van der Waals surface area (Å²) in [7, 11) is 3.76. The molecule has 1 aromatic rings. The molecule has 0 radical (unpaired) electrons. The fourth-order valence-corrected chi connectivity index (χ4v) is 3.69. The molecule has 0 bridgehead atoms. The van der Waals surface area contributed by atoms with Crippen molar-refractivity contribution in [1.29, 1.82) is 0 Å². The molecule has 4 nitrogen and oxygen atoms in total. The number of nitrogens with zero attached hydrogens (tertiary/aromatic N) is 1. The van der Waals surface area contributed by atoms with Gasteiger partial charge in [-0.15, -0.1) is 0 Å². The highest BCUT2D eigenvalue weighted by Crippen LogP contribution is 2.31. The minimum absolute atomic E-state index is 0.333. The van der Waals surface area contributed by atoms with E-state index in [2.05, 4.69) is 28.4 Å². The highest BCUT2D eigenvalue weighted by atomic mass is 16.5. The molecule has 1 saturated carbocycles. The van der Waals surface area contributed by atoms with E-state index in [0.29, 0.717) is 18.2 Å². The summed E-state index contributed by atoms with van der Waals surface area (Å²) in [4.78, 5) is 2.61. The van der Waals surface area contributed by atoms with Crippen LogP contribution in [-0.4, -0.2) is 50.9 Å². The zero-order valence-corrected chi connectivity index (χ0v) is 13.0. The Morgan fingerprint density at radius 3 is 3.14 bits per heavy atom. The predicted molar refractivity (Wildman–Crippen MR) is 83.7 cm³/mol. The van der Waals surface area contributed by atoms with Gasteiger partial charge in [-0.25, -0.2) is 0 Å². The Bertz CT molecular complexity index is 466. The second-order valence-corrected chi connectivity index (χ2v) is 6.02. The zero-order chi connectivity index (χ0) is 14.7. The summed E-state index contributed by atoms with van der Waals surface area (Å²) < 4.78 is 11.3. The van der Waals surface area contributed by atoms with Crippen LogP contribution in [0, 0.1) is 0 Å². The molecule has 2 fully saturated rings. The van der Waals surface area contributed by atoms with Gasteiger partial charge in [0.05, 0.1) is 19.8 Å². The third kappa shape index (κ3) is 3.23. The second-order valence-electron chi connectivity index (χ2n) is 6.02. The summed E-state index contributed by atoms with van der Waals surface area (Å²) in [5.41, 5.74) is 1.29. The summed E-state index contributed by atoms with van der Waals surface area (Å²) in [6.07, 6.45) is 4.26. The molecular formula is C17H26N2O2. The lowest BCUT2D eigenvalue weighted by Crippen LogP contribution is -2.50. The number of morpholine rings is 1. The number of nitrogens with one attached hydrogen (secondary N) is 1. The molecule has 2 aliphatic rings. The van der Waals surface area contributed by atoms with Gasteiger partial charge in [0.1, 0.15) is 5.75 Å². The monoisotopic (exact) mass is 290 g/mol. The number of rotatable bonds is 5. The third-order valence-electron chi connectivity index (χ3n) is 4.86. The Labute approximate surface area is 127 Å². The van der Waals surface area contributed by atoms with E-state index in [-0.39, 0.29) is 0 Å². The van der Waals surface area contributed by atoms with Crippen LogP contribution in [0.15, 0.2) is 24.3 Å². The van der Waals surface area contributed by atoms with Crippen LogP contribution >= 0.6 is 0 Å². The first kappa shape index (κ1) is 14.8. The molecule has 3 unspecified atom stereocenters. The topological polar surface area (TPSA) is 33.7 Å². The Hall–Kier alpha value is -1.10. The molecule has 0 amide bonds. The molecule has 3 rings (SSSR count). The number of ether oxygens (including phenoxy) is 2. The van der Waals surface area contributed by atoms with E-state index in [1.807, 2.05) is 13.1 Å².